The Morgan fingerprint density at radius 2 is 2.00 bits per heavy atom. The van der Waals surface area contributed by atoms with E-state index in [1.54, 1.807) is 0 Å². The van der Waals surface area contributed by atoms with Crippen LogP contribution < -0.4 is 5.32 Å². The van der Waals surface area contributed by atoms with Crippen molar-refractivity contribution < 1.29 is 5.11 Å². The van der Waals surface area contributed by atoms with Gasteiger partial charge in [-0.25, -0.2) is 0 Å². The molecular formula is C17H25NOS. The number of aliphatic hydroxyl groups is 1. The third-order valence-electron chi connectivity index (χ3n) is 4.94. The summed E-state index contributed by atoms with van der Waals surface area (Å²) in [6, 6.07) is 8.78. The van der Waals surface area contributed by atoms with Gasteiger partial charge in [0.25, 0.3) is 0 Å². The standard InChI is InChI=1S/C17H25NOS/c19-13-17(8-4-1-5-9-17)12-18-10-14-11-20-16-7-3-2-6-15(14)16/h2-3,6-7,14,18-19H,1,4-5,8-13H2. The fourth-order valence-electron chi connectivity index (χ4n) is 3.60. The molecule has 0 spiro atoms. The Labute approximate surface area is 126 Å². The molecule has 1 aliphatic carbocycles. The second-order valence-electron chi connectivity index (χ2n) is 6.40. The number of nitrogens with one attached hydrogen (secondary N) is 1. The number of rotatable bonds is 5. The van der Waals surface area contributed by atoms with E-state index in [1.807, 2.05) is 11.8 Å². The van der Waals surface area contributed by atoms with E-state index < -0.39 is 0 Å². The molecule has 0 amide bonds. The SMILES string of the molecule is OCC1(CNCC2CSc3ccccc32)CCCCC1. The van der Waals surface area contributed by atoms with Gasteiger partial charge in [-0.2, -0.15) is 0 Å². The van der Waals surface area contributed by atoms with Gasteiger partial charge in [-0.1, -0.05) is 37.5 Å². The van der Waals surface area contributed by atoms with E-state index in [2.05, 4.69) is 29.6 Å². The Balaban J connectivity index is 1.53. The van der Waals surface area contributed by atoms with Gasteiger partial charge in [-0.3, -0.25) is 0 Å². The maximum atomic E-state index is 9.75. The number of thioether (sulfide) groups is 1. The largest absolute Gasteiger partial charge is 0.396 e. The van der Waals surface area contributed by atoms with Crippen molar-refractivity contribution in [3.05, 3.63) is 29.8 Å². The van der Waals surface area contributed by atoms with E-state index in [9.17, 15) is 5.11 Å². The first kappa shape index (κ1) is 14.4. The lowest BCUT2D eigenvalue weighted by atomic mass is 9.74. The van der Waals surface area contributed by atoms with Crippen LogP contribution in [0.25, 0.3) is 0 Å². The molecule has 1 fully saturated rings. The van der Waals surface area contributed by atoms with Gasteiger partial charge in [0.15, 0.2) is 0 Å². The quantitative estimate of drug-likeness (QED) is 0.872. The molecule has 0 bridgehead atoms. The smallest absolute Gasteiger partial charge is 0.0499 e. The molecule has 1 atom stereocenters. The zero-order valence-electron chi connectivity index (χ0n) is 12.1. The van der Waals surface area contributed by atoms with Gasteiger partial charge in [0.2, 0.25) is 0 Å². The zero-order valence-corrected chi connectivity index (χ0v) is 12.9. The van der Waals surface area contributed by atoms with Crippen LogP contribution in [0.5, 0.6) is 0 Å². The van der Waals surface area contributed by atoms with E-state index in [-0.39, 0.29) is 5.41 Å². The van der Waals surface area contributed by atoms with Gasteiger partial charge in [0.1, 0.15) is 0 Å². The summed E-state index contributed by atoms with van der Waals surface area (Å²) in [5, 5.41) is 13.4. The van der Waals surface area contributed by atoms with Gasteiger partial charge < -0.3 is 10.4 Å². The number of aliphatic hydroxyl groups excluding tert-OH is 1. The third-order valence-corrected chi connectivity index (χ3v) is 6.19. The zero-order chi connectivity index (χ0) is 13.8. The molecule has 20 heavy (non-hydrogen) atoms. The molecule has 3 heteroatoms. The molecule has 2 nitrogen and oxygen atoms in total. The van der Waals surface area contributed by atoms with Crippen molar-refractivity contribution in [3.8, 4) is 0 Å². The van der Waals surface area contributed by atoms with Crippen molar-refractivity contribution in [2.75, 3.05) is 25.4 Å². The summed E-state index contributed by atoms with van der Waals surface area (Å²) in [5.74, 6) is 1.83. The van der Waals surface area contributed by atoms with Crippen LogP contribution >= 0.6 is 11.8 Å². The second-order valence-corrected chi connectivity index (χ2v) is 7.46. The first-order valence-electron chi connectivity index (χ1n) is 7.86. The van der Waals surface area contributed by atoms with Gasteiger partial charge in [-0.15, -0.1) is 11.8 Å². The maximum absolute atomic E-state index is 9.75. The lowest BCUT2D eigenvalue weighted by Crippen LogP contribution is -2.40. The van der Waals surface area contributed by atoms with Crippen LogP contribution in [0, 0.1) is 5.41 Å². The van der Waals surface area contributed by atoms with Crippen LogP contribution in [0.2, 0.25) is 0 Å². The van der Waals surface area contributed by atoms with Crippen LogP contribution in [0.4, 0.5) is 0 Å². The van der Waals surface area contributed by atoms with Crippen LogP contribution in [0.15, 0.2) is 29.2 Å². The molecular weight excluding hydrogens is 266 g/mol. The number of benzene rings is 1. The summed E-state index contributed by atoms with van der Waals surface area (Å²) < 4.78 is 0. The predicted octanol–water partition coefficient (Wildman–Crippen LogP) is 3.41. The van der Waals surface area contributed by atoms with Crippen LogP contribution in [-0.2, 0) is 0 Å². The molecule has 0 radical (unpaired) electrons. The van der Waals surface area contributed by atoms with Crippen molar-refractivity contribution in [3.63, 3.8) is 0 Å². The lowest BCUT2D eigenvalue weighted by Gasteiger charge is -2.36. The highest BCUT2D eigenvalue weighted by Gasteiger charge is 2.31. The third kappa shape index (κ3) is 3.05. The average molecular weight is 291 g/mol. The van der Waals surface area contributed by atoms with Crippen molar-refractivity contribution in [1.82, 2.24) is 5.32 Å². The fourth-order valence-corrected chi connectivity index (χ4v) is 4.86. The summed E-state index contributed by atoms with van der Waals surface area (Å²) in [6.45, 7) is 2.37. The summed E-state index contributed by atoms with van der Waals surface area (Å²) in [7, 11) is 0. The van der Waals surface area contributed by atoms with Gasteiger partial charge in [0.05, 0.1) is 0 Å². The lowest BCUT2D eigenvalue weighted by molar-refractivity contribution is 0.0812. The van der Waals surface area contributed by atoms with E-state index >= 15 is 0 Å². The van der Waals surface area contributed by atoms with Crippen molar-refractivity contribution in [1.29, 1.82) is 0 Å². The van der Waals surface area contributed by atoms with Gasteiger partial charge in [-0.05, 0) is 24.5 Å². The number of fused-ring (bicyclic) bond motifs is 1. The Bertz CT molecular complexity index is 442. The Morgan fingerprint density at radius 3 is 2.80 bits per heavy atom. The van der Waals surface area contributed by atoms with Gasteiger partial charge in [0, 0.05) is 41.7 Å². The van der Waals surface area contributed by atoms with Crippen LogP contribution in [0.3, 0.4) is 0 Å². The first-order chi connectivity index (χ1) is 9.83. The van der Waals surface area contributed by atoms with E-state index in [0.717, 1.165) is 13.1 Å². The molecule has 1 aliphatic heterocycles. The second kappa shape index (κ2) is 6.50. The molecule has 1 saturated carbocycles. The molecule has 2 aliphatic rings. The minimum atomic E-state index is 0.156. The summed E-state index contributed by atoms with van der Waals surface area (Å²) >= 11 is 1.98. The average Bonchev–Trinajstić information content (AvgIpc) is 2.92. The van der Waals surface area contributed by atoms with Crippen LogP contribution in [0.1, 0.15) is 43.6 Å². The topological polar surface area (TPSA) is 32.3 Å². The van der Waals surface area contributed by atoms with Gasteiger partial charge >= 0.3 is 0 Å². The Kier molecular flexibility index (Phi) is 4.69. The molecule has 1 heterocycles. The van der Waals surface area contributed by atoms with E-state index in [1.165, 1.54) is 48.3 Å². The minimum absolute atomic E-state index is 0.156. The monoisotopic (exact) mass is 291 g/mol. The minimum Gasteiger partial charge on any atom is -0.396 e. The molecule has 1 unspecified atom stereocenters. The molecule has 110 valence electrons. The molecule has 2 N–H and O–H groups in total. The van der Waals surface area contributed by atoms with E-state index in [4.69, 9.17) is 0 Å². The molecule has 1 aromatic carbocycles. The first-order valence-corrected chi connectivity index (χ1v) is 8.85. The Hall–Kier alpha value is -0.510. The predicted molar refractivity (Wildman–Crippen MR) is 85.4 cm³/mol. The molecule has 3 rings (SSSR count). The van der Waals surface area contributed by atoms with Crippen LogP contribution in [-0.4, -0.2) is 30.6 Å². The highest BCUT2D eigenvalue weighted by Crippen LogP contribution is 2.39. The number of hydrogen-bond acceptors (Lipinski definition) is 3. The normalized spacial score (nSPS) is 24.6. The fraction of sp³-hybridized carbons (Fsp3) is 0.647. The highest BCUT2D eigenvalue weighted by atomic mass is 32.2. The van der Waals surface area contributed by atoms with Crippen molar-refractivity contribution in [2.24, 2.45) is 5.41 Å². The number of hydrogen-bond donors (Lipinski definition) is 2. The molecule has 0 aromatic heterocycles. The summed E-state index contributed by atoms with van der Waals surface area (Å²) in [5.41, 5.74) is 1.66. The van der Waals surface area contributed by atoms with Crippen molar-refractivity contribution >= 4 is 11.8 Å². The van der Waals surface area contributed by atoms with Crippen molar-refractivity contribution in [2.45, 2.75) is 42.9 Å². The Morgan fingerprint density at radius 1 is 1.20 bits per heavy atom. The molecule has 0 saturated heterocycles. The maximum Gasteiger partial charge on any atom is 0.0499 e. The molecule has 1 aromatic rings. The highest BCUT2D eigenvalue weighted by molar-refractivity contribution is 7.99. The summed E-state index contributed by atoms with van der Waals surface area (Å²) in [6.07, 6.45) is 6.28. The van der Waals surface area contributed by atoms with E-state index in [0.29, 0.717) is 12.5 Å². The summed E-state index contributed by atoms with van der Waals surface area (Å²) in [4.78, 5) is 1.45.